The Labute approximate surface area is 243 Å². The van der Waals surface area contributed by atoms with Gasteiger partial charge in [0.2, 0.25) is 11.8 Å². The molecule has 1 aliphatic heterocycles. The van der Waals surface area contributed by atoms with Crippen LogP contribution in [0.15, 0.2) is 83.3 Å². The SMILES string of the molecule is CCCCNC(=O)[C@@H](Cc1ccccc1)N(Cc1ccc(Br)cc1)C(=O)CCCN1C(=O)c2ccccc2C1=O. The number of unbranched alkanes of at least 4 members (excludes halogenated alkanes) is 1. The van der Waals surface area contributed by atoms with E-state index in [-0.39, 0.29) is 43.1 Å². The lowest BCUT2D eigenvalue weighted by Crippen LogP contribution is -2.50. The molecular weight excluding hydrogens is 570 g/mol. The average molecular weight is 605 g/mol. The highest BCUT2D eigenvalue weighted by molar-refractivity contribution is 9.10. The standard InChI is InChI=1S/C32H34BrN3O4/c1-2-3-19-34-30(38)28(21-23-10-5-4-6-11-23)36(22-24-15-17-25(33)18-16-24)29(37)14-9-20-35-31(39)26-12-7-8-13-27(26)32(35)40/h4-8,10-13,15-18,28H,2-3,9,14,19-22H2,1H3,(H,34,38)/t28-/m1/s1. The van der Waals surface area contributed by atoms with Crippen molar-refractivity contribution in [2.45, 2.75) is 51.6 Å². The Balaban J connectivity index is 1.53. The molecule has 1 heterocycles. The first-order valence-corrected chi connectivity index (χ1v) is 14.5. The Morgan fingerprint density at radius 3 is 2.10 bits per heavy atom. The van der Waals surface area contributed by atoms with Gasteiger partial charge in [-0.25, -0.2) is 0 Å². The van der Waals surface area contributed by atoms with Gasteiger partial charge in [0.15, 0.2) is 0 Å². The maximum atomic E-state index is 13.8. The van der Waals surface area contributed by atoms with Crippen LogP contribution in [0.5, 0.6) is 0 Å². The number of carbonyl (C=O) groups is 4. The molecule has 0 unspecified atom stereocenters. The largest absolute Gasteiger partial charge is 0.354 e. The molecule has 208 valence electrons. The van der Waals surface area contributed by atoms with Crippen molar-refractivity contribution in [1.29, 1.82) is 0 Å². The number of nitrogens with one attached hydrogen (secondary N) is 1. The summed E-state index contributed by atoms with van der Waals surface area (Å²) in [5.41, 5.74) is 2.64. The summed E-state index contributed by atoms with van der Waals surface area (Å²) in [5, 5.41) is 3.02. The molecule has 7 nitrogen and oxygen atoms in total. The number of carbonyl (C=O) groups excluding carboxylic acids is 4. The summed E-state index contributed by atoms with van der Waals surface area (Å²) in [6.07, 6.45) is 2.57. The zero-order chi connectivity index (χ0) is 28.5. The predicted molar refractivity (Wildman–Crippen MR) is 158 cm³/mol. The minimum atomic E-state index is -0.713. The second-order valence-corrected chi connectivity index (χ2v) is 10.8. The van der Waals surface area contributed by atoms with Crippen molar-refractivity contribution in [3.63, 3.8) is 0 Å². The number of hydrogen-bond donors (Lipinski definition) is 1. The molecule has 1 aliphatic rings. The van der Waals surface area contributed by atoms with E-state index in [0.29, 0.717) is 30.5 Å². The maximum Gasteiger partial charge on any atom is 0.261 e. The van der Waals surface area contributed by atoms with Crippen LogP contribution in [0.1, 0.15) is 64.4 Å². The number of amides is 4. The molecule has 0 aromatic heterocycles. The highest BCUT2D eigenvalue weighted by Crippen LogP contribution is 2.23. The molecule has 8 heteroatoms. The molecule has 3 aromatic carbocycles. The Hall–Kier alpha value is -3.78. The lowest BCUT2D eigenvalue weighted by atomic mass is 10.0. The molecule has 4 amide bonds. The molecule has 0 aliphatic carbocycles. The molecule has 0 radical (unpaired) electrons. The summed E-state index contributed by atoms with van der Waals surface area (Å²) in [4.78, 5) is 55.7. The first-order valence-electron chi connectivity index (χ1n) is 13.7. The Kier molecular flexibility index (Phi) is 10.2. The smallest absolute Gasteiger partial charge is 0.261 e. The summed E-state index contributed by atoms with van der Waals surface area (Å²) < 4.78 is 0.924. The van der Waals surface area contributed by atoms with Gasteiger partial charge in [-0.3, -0.25) is 24.1 Å². The third-order valence-corrected chi connectivity index (χ3v) is 7.55. The van der Waals surface area contributed by atoms with Gasteiger partial charge in [0, 0.05) is 36.9 Å². The number of nitrogens with zero attached hydrogens (tertiary/aromatic N) is 2. The third kappa shape index (κ3) is 7.24. The van der Waals surface area contributed by atoms with Gasteiger partial charge in [-0.1, -0.05) is 83.9 Å². The van der Waals surface area contributed by atoms with Crippen LogP contribution < -0.4 is 5.32 Å². The van der Waals surface area contributed by atoms with E-state index < -0.39 is 6.04 Å². The molecule has 3 aromatic rings. The first kappa shape index (κ1) is 29.2. The minimum Gasteiger partial charge on any atom is -0.354 e. The second-order valence-electron chi connectivity index (χ2n) is 9.91. The van der Waals surface area contributed by atoms with Crippen molar-refractivity contribution in [3.05, 3.63) is 106 Å². The molecule has 0 saturated carbocycles. The van der Waals surface area contributed by atoms with Crippen molar-refractivity contribution >= 4 is 39.6 Å². The van der Waals surface area contributed by atoms with E-state index in [1.807, 2.05) is 54.6 Å². The number of rotatable bonds is 13. The monoisotopic (exact) mass is 603 g/mol. The average Bonchev–Trinajstić information content (AvgIpc) is 3.21. The van der Waals surface area contributed by atoms with Gasteiger partial charge in [-0.15, -0.1) is 0 Å². The van der Waals surface area contributed by atoms with Crippen LogP contribution >= 0.6 is 15.9 Å². The third-order valence-electron chi connectivity index (χ3n) is 7.02. The molecule has 0 bridgehead atoms. The number of benzene rings is 3. The molecule has 40 heavy (non-hydrogen) atoms. The molecule has 1 atom stereocenters. The minimum absolute atomic E-state index is 0.0947. The van der Waals surface area contributed by atoms with Gasteiger partial charge in [0.25, 0.3) is 11.8 Å². The lowest BCUT2D eigenvalue weighted by molar-refractivity contribution is -0.141. The van der Waals surface area contributed by atoms with Crippen LogP contribution in [0.25, 0.3) is 0 Å². The van der Waals surface area contributed by atoms with Crippen LogP contribution in [0, 0.1) is 0 Å². The fourth-order valence-corrected chi connectivity index (χ4v) is 5.09. The summed E-state index contributed by atoms with van der Waals surface area (Å²) in [7, 11) is 0. The van der Waals surface area contributed by atoms with E-state index in [4.69, 9.17) is 0 Å². The van der Waals surface area contributed by atoms with Crippen molar-refractivity contribution in [3.8, 4) is 0 Å². The molecule has 0 saturated heterocycles. The van der Waals surface area contributed by atoms with E-state index in [9.17, 15) is 19.2 Å². The highest BCUT2D eigenvalue weighted by Gasteiger charge is 2.35. The Bertz CT molecular complexity index is 1310. The fraction of sp³-hybridized carbons (Fsp3) is 0.312. The number of hydrogen-bond acceptors (Lipinski definition) is 4. The van der Waals surface area contributed by atoms with Gasteiger partial charge in [0.05, 0.1) is 11.1 Å². The summed E-state index contributed by atoms with van der Waals surface area (Å²) in [6, 6.07) is 23.4. The van der Waals surface area contributed by atoms with E-state index in [1.54, 1.807) is 29.2 Å². The molecule has 0 spiro atoms. The maximum absolute atomic E-state index is 13.8. The van der Waals surface area contributed by atoms with Crippen LogP contribution in [0.3, 0.4) is 0 Å². The van der Waals surface area contributed by atoms with Crippen molar-refractivity contribution in [2.24, 2.45) is 0 Å². The quantitative estimate of drug-likeness (QED) is 0.210. The number of fused-ring (bicyclic) bond motifs is 1. The van der Waals surface area contributed by atoms with Crippen LogP contribution in [0.2, 0.25) is 0 Å². The summed E-state index contributed by atoms with van der Waals surface area (Å²) in [5.74, 6) is -1.07. The van der Waals surface area contributed by atoms with E-state index >= 15 is 0 Å². The zero-order valence-electron chi connectivity index (χ0n) is 22.6. The number of halogens is 1. The first-order chi connectivity index (χ1) is 19.4. The topological polar surface area (TPSA) is 86.8 Å². The van der Waals surface area contributed by atoms with Gasteiger partial charge < -0.3 is 10.2 Å². The van der Waals surface area contributed by atoms with Crippen molar-refractivity contribution < 1.29 is 19.2 Å². The van der Waals surface area contributed by atoms with Gasteiger partial charge in [-0.05, 0) is 48.2 Å². The molecule has 1 N–H and O–H groups in total. The Morgan fingerprint density at radius 2 is 1.48 bits per heavy atom. The van der Waals surface area contributed by atoms with Crippen LogP contribution in [0.4, 0.5) is 0 Å². The second kappa shape index (κ2) is 14.0. The van der Waals surface area contributed by atoms with E-state index in [2.05, 4.69) is 28.2 Å². The normalized spacial score (nSPS) is 13.2. The zero-order valence-corrected chi connectivity index (χ0v) is 24.2. The fourth-order valence-electron chi connectivity index (χ4n) is 4.82. The predicted octanol–water partition coefficient (Wildman–Crippen LogP) is 5.38. The summed E-state index contributed by atoms with van der Waals surface area (Å²) in [6.45, 7) is 3.00. The van der Waals surface area contributed by atoms with E-state index in [0.717, 1.165) is 28.4 Å². The lowest BCUT2D eigenvalue weighted by Gasteiger charge is -2.32. The molecular formula is C32H34BrN3O4. The van der Waals surface area contributed by atoms with Crippen molar-refractivity contribution in [2.75, 3.05) is 13.1 Å². The highest BCUT2D eigenvalue weighted by atomic mass is 79.9. The van der Waals surface area contributed by atoms with Gasteiger partial charge in [-0.2, -0.15) is 0 Å². The Morgan fingerprint density at radius 1 is 0.850 bits per heavy atom. The van der Waals surface area contributed by atoms with Crippen molar-refractivity contribution in [1.82, 2.24) is 15.1 Å². The van der Waals surface area contributed by atoms with Crippen LogP contribution in [-0.4, -0.2) is 52.6 Å². The van der Waals surface area contributed by atoms with Gasteiger partial charge in [0.1, 0.15) is 6.04 Å². The molecule has 4 rings (SSSR count). The van der Waals surface area contributed by atoms with Crippen LogP contribution in [-0.2, 0) is 22.6 Å². The number of imide groups is 1. The summed E-state index contributed by atoms with van der Waals surface area (Å²) >= 11 is 3.45. The van der Waals surface area contributed by atoms with E-state index in [1.165, 1.54) is 4.90 Å². The molecule has 0 fully saturated rings. The van der Waals surface area contributed by atoms with Gasteiger partial charge >= 0.3 is 0 Å².